The van der Waals surface area contributed by atoms with Crippen molar-refractivity contribution in [2.24, 2.45) is 5.92 Å². The average molecular weight is 271 g/mol. The van der Waals surface area contributed by atoms with Crippen molar-refractivity contribution < 1.29 is 19.4 Å². The van der Waals surface area contributed by atoms with Gasteiger partial charge in [-0.25, -0.2) is 4.79 Å². The lowest BCUT2D eigenvalue weighted by atomic mass is 10.2. The Kier molecular flexibility index (Phi) is 3.97. The van der Waals surface area contributed by atoms with Gasteiger partial charge in [-0.2, -0.15) is 0 Å². The van der Waals surface area contributed by atoms with E-state index >= 15 is 0 Å². The van der Waals surface area contributed by atoms with Gasteiger partial charge in [-0.3, -0.25) is 0 Å². The molecule has 4 nitrogen and oxygen atoms in total. The fraction of sp³-hybridized carbons (Fsp3) is 0.462. The standard InChI is InChI=1S/C13H15ClO4/c1-17-11-7-9(14)6-10(13(15)16)12(11)18-5-4-8-2-3-8/h6-8H,2-5H2,1H3,(H,15,16). The second-order valence-electron chi connectivity index (χ2n) is 4.37. The van der Waals surface area contributed by atoms with E-state index < -0.39 is 5.97 Å². The highest BCUT2D eigenvalue weighted by Gasteiger charge is 2.22. The molecule has 0 aliphatic heterocycles. The summed E-state index contributed by atoms with van der Waals surface area (Å²) in [6.45, 7) is 0.503. The van der Waals surface area contributed by atoms with Crippen LogP contribution in [0.5, 0.6) is 11.5 Å². The van der Waals surface area contributed by atoms with Crippen molar-refractivity contribution in [3.63, 3.8) is 0 Å². The molecule has 0 atom stereocenters. The summed E-state index contributed by atoms with van der Waals surface area (Å²) in [5.41, 5.74) is 0.0372. The summed E-state index contributed by atoms with van der Waals surface area (Å²) >= 11 is 5.84. The lowest BCUT2D eigenvalue weighted by Gasteiger charge is -2.13. The van der Waals surface area contributed by atoms with Crippen LogP contribution in [0.1, 0.15) is 29.6 Å². The number of carbonyl (C=O) groups is 1. The monoisotopic (exact) mass is 270 g/mol. The second kappa shape index (κ2) is 5.48. The molecule has 0 heterocycles. The molecule has 0 unspecified atom stereocenters. The van der Waals surface area contributed by atoms with Crippen LogP contribution >= 0.6 is 11.6 Å². The zero-order valence-electron chi connectivity index (χ0n) is 10.1. The Morgan fingerprint density at radius 3 is 2.78 bits per heavy atom. The lowest BCUT2D eigenvalue weighted by Crippen LogP contribution is -2.06. The van der Waals surface area contributed by atoms with Gasteiger partial charge in [0.25, 0.3) is 0 Å². The van der Waals surface area contributed by atoms with E-state index in [1.54, 1.807) is 6.07 Å². The number of ether oxygens (including phenoxy) is 2. The Hall–Kier alpha value is -1.42. The Labute approximate surface area is 110 Å². The largest absolute Gasteiger partial charge is 0.493 e. The molecule has 2 rings (SSSR count). The number of hydrogen-bond donors (Lipinski definition) is 1. The van der Waals surface area contributed by atoms with Gasteiger partial charge in [0.05, 0.1) is 13.7 Å². The number of halogens is 1. The lowest BCUT2D eigenvalue weighted by molar-refractivity contribution is 0.0691. The number of methoxy groups -OCH3 is 1. The Morgan fingerprint density at radius 1 is 1.50 bits per heavy atom. The first kappa shape index (κ1) is 13.0. The van der Waals surface area contributed by atoms with Crippen LogP contribution in [0.15, 0.2) is 12.1 Å². The van der Waals surface area contributed by atoms with Crippen molar-refractivity contribution in [3.8, 4) is 11.5 Å². The van der Waals surface area contributed by atoms with Crippen molar-refractivity contribution in [2.75, 3.05) is 13.7 Å². The summed E-state index contributed by atoms with van der Waals surface area (Å²) in [4.78, 5) is 11.2. The molecule has 0 radical (unpaired) electrons. The van der Waals surface area contributed by atoms with E-state index in [2.05, 4.69) is 0 Å². The van der Waals surface area contributed by atoms with Gasteiger partial charge in [0.15, 0.2) is 11.5 Å². The molecule has 5 heteroatoms. The van der Waals surface area contributed by atoms with E-state index in [4.69, 9.17) is 26.2 Å². The molecule has 0 amide bonds. The summed E-state index contributed by atoms with van der Waals surface area (Å²) in [6.07, 6.45) is 3.44. The molecule has 1 aliphatic rings. The summed E-state index contributed by atoms with van der Waals surface area (Å²) in [7, 11) is 1.46. The van der Waals surface area contributed by atoms with E-state index in [9.17, 15) is 4.79 Å². The van der Waals surface area contributed by atoms with Gasteiger partial charge >= 0.3 is 5.97 Å². The smallest absolute Gasteiger partial charge is 0.339 e. The topological polar surface area (TPSA) is 55.8 Å². The Bertz CT molecular complexity index is 455. The maximum absolute atomic E-state index is 11.2. The minimum Gasteiger partial charge on any atom is -0.493 e. The van der Waals surface area contributed by atoms with E-state index in [1.807, 2.05) is 0 Å². The third-order valence-corrected chi connectivity index (χ3v) is 3.16. The van der Waals surface area contributed by atoms with Crippen molar-refractivity contribution >= 4 is 17.6 Å². The molecule has 1 aliphatic carbocycles. The Morgan fingerprint density at radius 2 is 2.22 bits per heavy atom. The molecule has 18 heavy (non-hydrogen) atoms. The first-order valence-corrected chi connectivity index (χ1v) is 6.23. The van der Waals surface area contributed by atoms with Crippen LogP contribution < -0.4 is 9.47 Å². The first-order valence-electron chi connectivity index (χ1n) is 5.85. The maximum atomic E-state index is 11.2. The van der Waals surface area contributed by atoms with Gasteiger partial charge < -0.3 is 14.6 Å². The molecule has 98 valence electrons. The van der Waals surface area contributed by atoms with Crippen molar-refractivity contribution in [1.82, 2.24) is 0 Å². The first-order chi connectivity index (χ1) is 8.61. The number of carboxylic acid groups (broad SMARTS) is 1. The van der Waals surface area contributed by atoms with Gasteiger partial charge in [-0.05, 0) is 18.4 Å². The van der Waals surface area contributed by atoms with Crippen LogP contribution in [0.25, 0.3) is 0 Å². The molecule has 1 aromatic carbocycles. The molecule has 1 saturated carbocycles. The minimum absolute atomic E-state index is 0.0372. The molecule has 1 fully saturated rings. The predicted octanol–water partition coefficient (Wildman–Crippen LogP) is 3.23. The van der Waals surface area contributed by atoms with Crippen LogP contribution in [0.4, 0.5) is 0 Å². The SMILES string of the molecule is COc1cc(Cl)cc(C(=O)O)c1OCCC1CC1. The maximum Gasteiger partial charge on any atom is 0.339 e. The van der Waals surface area contributed by atoms with Crippen molar-refractivity contribution in [3.05, 3.63) is 22.7 Å². The third-order valence-electron chi connectivity index (χ3n) is 2.94. The molecule has 0 bridgehead atoms. The summed E-state index contributed by atoms with van der Waals surface area (Å²) in [5.74, 6) is 0.277. The quantitative estimate of drug-likeness (QED) is 0.862. The molecule has 0 spiro atoms. The number of rotatable bonds is 6. The molecule has 1 N–H and O–H groups in total. The molecule has 0 aromatic heterocycles. The van der Waals surface area contributed by atoms with E-state index in [-0.39, 0.29) is 11.3 Å². The van der Waals surface area contributed by atoms with Crippen molar-refractivity contribution in [1.29, 1.82) is 0 Å². The zero-order chi connectivity index (χ0) is 13.1. The highest BCUT2D eigenvalue weighted by atomic mass is 35.5. The highest BCUT2D eigenvalue weighted by molar-refractivity contribution is 6.31. The van der Waals surface area contributed by atoms with Crippen LogP contribution in [0.3, 0.4) is 0 Å². The van der Waals surface area contributed by atoms with E-state index in [0.29, 0.717) is 17.4 Å². The fourth-order valence-corrected chi connectivity index (χ4v) is 1.97. The summed E-state index contributed by atoms with van der Waals surface area (Å²) < 4.78 is 10.7. The van der Waals surface area contributed by atoms with E-state index in [1.165, 1.54) is 26.0 Å². The number of carboxylic acids is 1. The van der Waals surface area contributed by atoms with Crippen molar-refractivity contribution in [2.45, 2.75) is 19.3 Å². The predicted molar refractivity (Wildman–Crippen MR) is 67.8 cm³/mol. The minimum atomic E-state index is -1.07. The number of benzene rings is 1. The zero-order valence-corrected chi connectivity index (χ0v) is 10.9. The van der Waals surface area contributed by atoms with Crippen LogP contribution in [0, 0.1) is 5.92 Å². The van der Waals surface area contributed by atoms with Crippen LogP contribution in [-0.2, 0) is 0 Å². The normalized spacial score (nSPS) is 14.3. The number of hydrogen-bond acceptors (Lipinski definition) is 3. The van der Waals surface area contributed by atoms with Crippen LogP contribution in [0.2, 0.25) is 5.02 Å². The second-order valence-corrected chi connectivity index (χ2v) is 4.81. The Balaban J connectivity index is 2.19. The molecule has 1 aromatic rings. The fourth-order valence-electron chi connectivity index (χ4n) is 1.76. The van der Waals surface area contributed by atoms with Crippen LogP contribution in [-0.4, -0.2) is 24.8 Å². The van der Waals surface area contributed by atoms with Gasteiger partial charge in [-0.1, -0.05) is 24.4 Å². The molecular weight excluding hydrogens is 256 g/mol. The summed E-state index contributed by atoms with van der Waals surface area (Å²) in [5, 5.41) is 9.46. The summed E-state index contributed by atoms with van der Waals surface area (Å²) in [6, 6.07) is 2.93. The van der Waals surface area contributed by atoms with Gasteiger partial charge in [0.1, 0.15) is 5.56 Å². The van der Waals surface area contributed by atoms with E-state index in [0.717, 1.165) is 12.3 Å². The molecule has 0 saturated heterocycles. The number of aromatic carboxylic acids is 1. The van der Waals surface area contributed by atoms with Gasteiger partial charge in [0.2, 0.25) is 0 Å². The third kappa shape index (κ3) is 3.07. The average Bonchev–Trinajstić information content (AvgIpc) is 3.14. The van der Waals surface area contributed by atoms with Gasteiger partial charge in [-0.15, -0.1) is 0 Å². The highest BCUT2D eigenvalue weighted by Crippen LogP contribution is 2.36. The van der Waals surface area contributed by atoms with Gasteiger partial charge in [0, 0.05) is 11.1 Å². The molecular formula is C13H15ClO4.